The Morgan fingerprint density at radius 3 is 2.69 bits per heavy atom. The van der Waals surface area contributed by atoms with Crippen LogP contribution in [0.4, 0.5) is 5.69 Å². The fourth-order valence-corrected chi connectivity index (χ4v) is 1.72. The van der Waals surface area contributed by atoms with Crippen molar-refractivity contribution in [1.29, 1.82) is 0 Å². The molecule has 0 spiro atoms. The Morgan fingerprint density at radius 2 is 2.19 bits per heavy atom. The second-order valence-corrected chi connectivity index (χ2v) is 4.58. The highest BCUT2D eigenvalue weighted by atomic mass is 35.5. The number of anilines is 1. The molecule has 0 aliphatic rings. The molecule has 0 atom stereocenters. The maximum absolute atomic E-state index is 10.8. The minimum atomic E-state index is -0.833. The summed E-state index contributed by atoms with van der Waals surface area (Å²) >= 11 is 5.89. The monoisotopic (exact) mass is 241 g/mol. The van der Waals surface area contributed by atoms with Crippen molar-refractivity contribution in [2.75, 3.05) is 18.0 Å². The third kappa shape index (κ3) is 4.11. The second kappa shape index (κ2) is 5.75. The molecule has 0 bridgehead atoms. The smallest absolute Gasteiger partial charge is 0.323 e. The lowest BCUT2D eigenvalue weighted by Gasteiger charge is -2.24. The molecule has 0 aromatic heterocycles. The zero-order valence-corrected chi connectivity index (χ0v) is 10.2. The van der Waals surface area contributed by atoms with Gasteiger partial charge in [-0.25, -0.2) is 0 Å². The first-order chi connectivity index (χ1) is 7.49. The molecular weight excluding hydrogens is 226 g/mol. The molecule has 3 nitrogen and oxygen atoms in total. The average Bonchev–Trinajstić information content (AvgIpc) is 2.15. The molecule has 0 heterocycles. The van der Waals surface area contributed by atoms with Crippen LogP contribution in [0, 0.1) is 5.92 Å². The van der Waals surface area contributed by atoms with E-state index in [4.69, 9.17) is 16.7 Å². The first-order valence-electron chi connectivity index (χ1n) is 5.21. The van der Waals surface area contributed by atoms with Crippen LogP contribution in [-0.4, -0.2) is 24.2 Å². The van der Waals surface area contributed by atoms with Gasteiger partial charge in [-0.05, 0) is 24.1 Å². The number of carboxylic acids is 1. The largest absolute Gasteiger partial charge is 0.480 e. The van der Waals surface area contributed by atoms with Crippen molar-refractivity contribution in [3.63, 3.8) is 0 Å². The van der Waals surface area contributed by atoms with Crippen LogP contribution in [-0.2, 0) is 4.79 Å². The fraction of sp³-hybridized carbons (Fsp3) is 0.417. The summed E-state index contributed by atoms with van der Waals surface area (Å²) in [5, 5.41) is 9.47. The molecule has 0 aliphatic carbocycles. The van der Waals surface area contributed by atoms with Crippen molar-refractivity contribution >= 4 is 23.3 Å². The Balaban J connectivity index is 2.86. The van der Waals surface area contributed by atoms with Gasteiger partial charge in [0.15, 0.2) is 0 Å². The van der Waals surface area contributed by atoms with E-state index in [0.29, 0.717) is 17.5 Å². The normalized spacial score (nSPS) is 10.5. The number of hydrogen-bond acceptors (Lipinski definition) is 2. The quantitative estimate of drug-likeness (QED) is 0.862. The standard InChI is InChI=1S/C12H16ClNO2/c1-9(2)7-14(8-12(15)16)11-5-3-4-10(13)6-11/h3-6,9H,7-8H2,1-2H3,(H,15,16). The van der Waals surface area contributed by atoms with Crippen molar-refractivity contribution in [3.05, 3.63) is 29.3 Å². The number of nitrogens with zero attached hydrogens (tertiary/aromatic N) is 1. The number of hydrogen-bond donors (Lipinski definition) is 1. The molecule has 0 radical (unpaired) electrons. The molecular formula is C12H16ClNO2. The van der Waals surface area contributed by atoms with Crippen LogP contribution in [0.2, 0.25) is 5.02 Å². The molecule has 0 fully saturated rings. The molecule has 0 amide bonds. The van der Waals surface area contributed by atoms with Gasteiger partial charge in [-0.15, -0.1) is 0 Å². The highest BCUT2D eigenvalue weighted by Crippen LogP contribution is 2.20. The predicted molar refractivity (Wildman–Crippen MR) is 66.1 cm³/mol. The number of halogens is 1. The molecule has 0 aliphatic heterocycles. The van der Waals surface area contributed by atoms with Gasteiger partial charge < -0.3 is 10.0 Å². The van der Waals surface area contributed by atoms with Gasteiger partial charge in [-0.2, -0.15) is 0 Å². The van der Waals surface area contributed by atoms with Crippen LogP contribution < -0.4 is 4.90 Å². The van der Waals surface area contributed by atoms with Crippen LogP contribution in [0.15, 0.2) is 24.3 Å². The number of carbonyl (C=O) groups is 1. The minimum Gasteiger partial charge on any atom is -0.480 e. The molecule has 1 aromatic carbocycles. The summed E-state index contributed by atoms with van der Waals surface area (Å²) in [5.41, 5.74) is 0.851. The first kappa shape index (κ1) is 12.8. The Labute approximate surface area is 101 Å². The van der Waals surface area contributed by atoms with E-state index in [1.807, 2.05) is 17.0 Å². The van der Waals surface area contributed by atoms with E-state index >= 15 is 0 Å². The molecule has 1 rings (SSSR count). The van der Waals surface area contributed by atoms with Crippen LogP contribution in [0.1, 0.15) is 13.8 Å². The van der Waals surface area contributed by atoms with Crippen LogP contribution in [0.5, 0.6) is 0 Å². The summed E-state index contributed by atoms with van der Waals surface area (Å²) < 4.78 is 0. The van der Waals surface area contributed by atoms with Gasteiger partial charge in [0.2, 0.25) is 0 Å². The van der Waals surface area contributed by atoms with Gasteiger partial charge in [-0.1, -0.05) is 31.5 Å². The number of benzene rings is 1. The summed E-state index contributed by atoms with van der Waals surface area (Å²) in [6.07, 6.45) is 0. The van der Waals surface area contributed by atoms with Gasteiger partial charge in [0.25, 0.3) is 0 Å². The van der Waals surface area contributed by atoms with Gasteiger partial charge in [0.1, 0.15) is 6.54 Å². The van der Waals surface area contributed by atoms with E-state index in [9.17, 15) is 4.79 Å². The number of aliphatic carboxylic acids is 1. The number of rotatable bonds is 5. The van der Waals surface area contributed by atoms with E-state index in [1.54, 1.807) is 12.1 Å². The minimum absolute atomic E-state index is 0.00147. The molecule has 88 valence electrons. The maximum Gasteiger partial charge on any atom is 0.323 e. The van der Waals surface area contributed by atoms with Crippen molar-refractivity contribution in [1.82, 2.24) is 0 Å². The lowest BCUT2D eigenvalue weighted by atomic mass is 10.2. The van der Waals surface area contributed by atoms with Gasteiger partial charge in [0.05, 0.1) is 0 Å². The first-order valence-corrected chi connectivity index (χ1v) is 5.59. The Bertz CT molecular complexity index is 366. The maximum atomic E-state index is 10.8. The van der Waals surface area contributed by atoms with Crippen LogP contribution >= 0.6 is 11.6 Å². The number of carboxylic acid groups (broad SMARTS) is 1. The van der Waals surface area contributed by atoms with E-state index in [0.717, 1.165) is 5.69 Å². The average molecular weight is 242 g/mol. The zero-order valence-electron chi connectivity index (χ0n) is 9.48. The van der Waals surface area contributed by atoms with Crippen molar-refractivity contribution in [3.8, 4) is 0 Å². The molecule has 1 aromatic rings. The summed E-state index contributed by atoms with van der Waals surface area (Å²) in [4.78, 5) is 12.6. The third-order valence-electron chi connectivity index (χ3n) is 2.09. The van der Waals surface area contributed by atoms with E-state index in [-0.39, 0.29) is 6.54 Å². The Hall–Kier alpha value is -1.22. The fourth-order valence-electron chi connectivity index (χ4n) is 1.54. The topological polar surface area (TPSA) is 40.5 Å². The van der Waals surface area contributed by atoms with Crippen LogP contribution in [0.25, 0.3) is 0 Å². The lowest BCUT2D eigenvalue weighted by molar-refractivity contribution is -0.135. The lowest BCUT2D eigenvalue weighted by Crippen LogP contribution is -2.32. The molecule has 0 saturated carbocycles. The predicted octanol–water partition coefficient (Wildman–Crippen LogP) is 2.89. The van der Waals surface area contributed by atoms with E-state index in [2.05, 4.69) is 13.8 Å². The third-order valence-corrected chi connectivity index (χ3v) is 2.32. The van der Waals surface area contributed by atoms with Crippen molar-refractivity contribution in [2.45, 2.75) is 13.8 Å². The highest BCUT2D eigenvalue weighted by Gasteiger charge is 2.12. The summed E-state index contributed by atoms with van der Waals surface area (Å²) in [5.74, 6) is -0.432. The van der Waals surface area contributed by atoms with Gasteiger partial charge in [-0.3, -0.25) is 4.79 Å². The summed E-state index contributed by atoms with van der Waals surface area (Å²) in [7, 11) is 0. The molecule has 0 unspecified atom stereocenters. The van der Waals surface area contributed by atoms with E-state index < -0.39 is 5.97 Å². The van der Waals surface area contributed by atoms with E-state index in [1.165, 1.54) is 0 Å². The molecule has 16 heavy (non-hydrogen) atoms. The zero-order chi connectivity index (χ0) is 12.1. The molecule has 0 saturated heterocycles. The summed E-state index contributed by atoms with van der Waals surface area (Å²) in [6.45, 7) is 4.81. The highest BCUT2D eigenvalue weighted by molar-refractivity contribution is 6.30. The molecule has 1 N–H and O–H groups in total. The van der Waals surface area contributed by atoms with Gasteiger partial charge >= 0.3 is 5.97 Å². The summed E-state index contributed by atoms with van der Waals surface area (Å²) in [6, 6.07) is 7.26. The second-order valence-electron chi connectivity index (χ2n) is 4.15. The van der Waals surface area contributed by atoms with Crippen LogP contribution in [0.3, 0.4) is 0 Å². The van der Waals surface area contributed by atoms with Gasteiger partial charge in [0, 0.05) is 17.3 Å². The SMILES string of the molecule is CC(C)CN(CC(=O)O)c1cccc(Cl)c1. The Kier molecular flexibility index (Phi) is 4.62. The van der Waals surface area contributed by atoms with Crippen molar-refractivity contribution < 1.29 is 9.90 Å². The van der Waals surface area contributed by atoms with Crippen molar-refractivity contribution in [2.24, 2.45) is 5.92 Å². The molecule has 4 heteroatoms. The Morgan fingerprint density at radius 1 is 1.50 bits per heavy atom.